The zero-order valence-corrected chi connectivity index (χ0v) is 17.7. The van der Waals surface area contributed by atoms with Crippen LogP contribution < -0.4 is 20.3 Å². The van der Waals surface area contributed by atoms with Crippen LogP contribution in [-0.2, 0) is 9.59 Å². The summed E-state index contributed by atoms with van der Waals surface area (Å²) < 4.78 is 5.46. The lowest BCUT2D eigenvalue weighted by atomic mass is 9.79. The van der Waals surface area contributed by atoms with Crippen molar-refractivity contribution in [2.45, 2.75) is 71.0 Å². The molecule has 6 heteroatoms. The van der Waals surface area contributed by atoms with Crippen LogP contribution in [-0.4, -0.2) is 42.1 Å². The van der Waals surface area contributed by atoms with Gasteiger partial charge in [0.2, 0.25) is 11.8 Å². The number of ether oxygens (including phenoxy) is 1. The van der Waals surface area contributed by atoms with Crippen LogP contribution >= 0.6 is 0 Å². The third-order valence-electron chi connectivity index (χ3n) is 5.49. The molecule has 3 rings (SSSR count). The van der Waals surface area contributed by atoms with E-state index < -0.39 is 0 Å². The first-order valence-corrected chi connectivity index (χ1v) is 10.2. The van der Waals surface area contributed by atoms with Gasteiger partial charge in [0, 0.05) is 35.8 Å². The van der Waals surface area contributed by atoms with E-state index in [-0.39, 0.29) is 41.3 Å². The third-order valence-corrected chi connectivity index (χ3v) is 5.49. The summed E-state index contributed by atoms with van der Waals surface area (Å²) in [5.74, 6) is 0.457. The second-order valence-electron chi connectivity index (χ2n) is 9.34. The van der Waals surface area contributed by atoms with E-state index in [0.717, 1.165) is 24.3 Å². The lowest BCUT2D eigenvalue weighted by Crippen LogP contribution is -2.62. The first kappa shape index (κ1) is 20.6. The van der Waals surface area contributed by atoms with Crippen molar-refractivity contribution in [3.63, 3.8) is 0 Å². The summed E-state index contributed by atoms with van der Waals surface area (Å²) in [6, 6.07) is 7.59. The van der Waals surface area contributed by atoms with Crippen molar-refractivity contribution in [2.75, 3.05) is 18.1 Å². The molecule has 6 nitrogen and oxygen atoms in total. The van der Waals surface area contributed by atoms with Crippen molar-refractivity contribution >= 4 is 17.5 Å². The van der Waals surface area contributed by atoms with Gasteiger partial charge in [0.1, 0.15) is 5.75 Å². The highest BCUT2D eigenvalue weighted by molar-refractivity contribution is 6.00. The zero-order chi connectivity index (χ0) is 20.5. The van der Waals surface area contributed by atoms with E-state index in [9.17, 15) is 9.59 Å². The van der Waals surface area contributed by atoms with Crippen molar-refractivity contribution in [3.05, 3.63) is 24.3 Å². The summed E-state index contributed by atoms with van der Waals surface area (Å²) in [6.07, 6.45) is 2.02. The van der Waals surface area contributed by atoms with Gasteiger partial charge in [-0.05, 0) is 71.7 Å². The van der Waals surface area contributed by atoms with E-state index in [2.05, 4.69) is 38.3 Å². The number of hydrogen-bond acceptors (Lipinski definition) is 4. The highest BCUT2D eigenvalue weighted by Gasteiger charge is 2.40. The molecule has 2 fully saturated rings. The van der Waals surface area contributed by atoms with Gasteiger partial charge in [0.05, 0.1) is 12.5 Å². The van der Waals surface area contributed by atoms with Gasteiger partial charge in [0.25, 0.3) is 0 Å². The molecule has 2 N–H and O–H groups in total. The maximum absolute atomic E-state index is 12.9. The maximum atomic E-state index is 12.9. The average molecular weight is 388 g/mol. The van der Waals surface area contributed by atoms with Crippen LogP contribution in [0.5, 0.6) is 5.75 Å². The molecule has 2 heterocycles. The van der Waals surface area contributed by atoms with Crippen LogP contribution in [0.1, 0.15) is 53.9 Å². The Balaban J connectivity index is 1.62. The van der Waals surface area contributed by atoms with Crippen LogP contribution in [0.4, 0.5) is 5.69 Å². The molecule has 1 aromatic carbocycles. The Morgan fingerprint density at radius 2 is 1.79 bits per heavy atom. The maximum Gasteiger partial charge on any atom is 0.227 e. The molecule has 0 radical (unpaired) electrons. The fourth-order valence-corrected chi connectivity index (χ4v) is 4.77. The summed E-state index contributed by atoms with van der Waals surface area (Å²) in [5.41, 5.74) is 0.756. The van der Waals surface area contributed by atoms with Gasteiger partial charge in [-0.15, -0.1) is 0 Å². The minimum atomic E-state index is -0.305. The van der Waals surface area contributed by atoms with Crippen molar-refractivity contribution in [2.24, 2.45) is 5.92 Å². The molecule has 2 aliphatic heterocycles. The number of rotatable bonds is 5. The van der Waals surface area contributed by atoms with E-state index >= 15 is 0 Å². The number of amides is 2. The van der Waals surface area contributed by atoms with Crippen LogP contribution in [0.2, 0.25) is 0 Å². The van der Waals surface area contributed by atoms with Gasteiger partial charge in [-0.25, -0.2) is 0 Å². The number of carbonyl (C=O) groups is 2. The van der Waals surface area contributed by atoms with Gasteiger partial charge < -0.3 is 20.3 Å². The molecule has 0 saturated carbocycles. The number of anilines is 1. The van der Waals surface area contributed by atoms with Gasteiger partial charge in [0.15, 0.2) is 0 Å². The van der Waals surface area contributed by atoms with Crippen LogP contribution in [0.3, 0.4) is 0 Å². The van der Waals surface area contributed by atoms with E-state index in [1.54, 1.807) is 4.90 Å². The first-order chi connectivity index (χ1) is 13.1. The van der Waals surface area contributed by atoms with E-state index in [1.165, 1.54) is 0 Å². The third kappa shape index (κ3) is 4.85. The number of carbonyl (C=O) groups excluding carboxylic acids is 2. The first-order valence-electron chi connectivity index (χ1n) is 10.2. The summed E-state index contributed by atoms with van der Waals surface area (Å²) in [7, 11) is 0. The molecule has 28 heavy (non-hydrogen) atoms. The number of nitrogens with one attached hydrogen (secondary N) is 2. The lowest BCUT2D eigenvalue weighted by Gasteiger charge is -2.46. The molecular formula is C22H33N3O3. The lowest BCUT2D eigenvalue weighted by molar-refractivity contribution is -0.127. The molecule has 0 spiro atoms. The fraction of sp³-hybridized carbons (Fsp3) is 0.636. The summed E-state index contributed by atoms with van der Waals surface area (Å²) in [5, 5.41) is 6.84. The van der Waals surface area contributed by atoms with Crippen LogP contribution in [0.15, 0.2) is 24.3 Å². The Labute approximate surface area is 168 Å². The van der Waals surface area contributed by atoms with Crippen molar-refractivity contribution < 1.29 is 14.3 Å². The Morgan fingerprint density at radius 3 is 2.36 bits per heavy atom. The molecule has 0 bridgehead atoms. The van der Waals surface area contributed by atoms with Gasteiger partial charge in [-0.1, -0.05) is 0 Å². The van der Waals surface area contributed by atoms with Gasteiger partial charge in [-0.3, -0.25) is 9.59 Å². The normalized spacial score (nSPS) is 24.2. The number of piperidine rings is 1. The average Bonchev–Trinajstić information content (AvgIpc) is 2.95. The largest absolute Gasteiger partial charge is 0.494 e. The minimum Gasteiger partial charge on any atom is -0.494 e. The summed E-state index contributed by atoms with van der Waals surface area (Å²) in [4.78, 5) is 27.1. The molecule has 0 aromatic heterocycles. The number of benzene rings is 1. The Bertz CT molecular complexity index is 711. The van der Waals surface area contributed by atoms with E-state index in [4.69, 9.17) is 4.74 Å². The van der Waals surface area contributed by atoms with Gasteiger partial charge >= 0.3 is 0 Å². The van der Waals surface area contributed by atoms with Crippen molar-refractivity contribution in [1.82, 2.24) is 10.6 Å². The standard InChI is InChI=1S/C22H33N3O3/c1-6-28-18-9-7-17(8-10-18)25-14-15(11-19(25)26)20(27)23-16-12-21(2,3)24-22(4,5)13-16/h7-10,15-16,24H,6,11-14H2,1-5H3,(H,23,27)/t15-/m1/s1. The monoisotopic (exact) mass is 387 g/mol. The molecular weight excluding hydrogens is 354 g/mol. The summed E-state index contributed by atoms with van der Waals surface area (Å²) in [6.45, 7) is 11.6. The number of hydrogen-bond donors (Lipinski definition) is 2. The molecule has 1 aromatic rings. The second-order valence-corrected chi connectivity index (χ2v) is 9.34. The van der Waals surface area contributed by atoms with E-state index in [0.29, 0.717) is 13.2 Å². The predicted molar refractivity (Wildman–Crippen MR) is 111 cm³/mol. The fourth-order valence-electron chi connectivity index (χ4n) is 4.77. The highest BCUT2D eigenvalue weighted by atomic mass is 16.5. The summed E-state index contributed by atoms with van der Waals surface area (Å²) >= 11 is 0. The quantitative estimate of drug-likeness (QED) is 0.815. The smallest absolute Gasteiger partial charge is 0.227 e. The Hall–Kier alpha value is -2.08. The zero-order valence-electron chi connectivity index (χ0n) is 17.7. The highest BCUT2D eigenvalue weighted by Crippen LogP contribution is 2.30. The van der Waals surface area contributed by atoms with Crippen LogP contribution in [0.25, 0.3) is 0 Å². The Morgan fingerprint density at radius 1 is 1.18 bits per heavy atom. The molecule has 1 atom stereocenters. The number of nitrogens with zero attached hydrogens (tertiary/aromatic N) is 1. The van der Waals surface area contributed by atoms with Gasteiger partial charge in [-0.2, -0.15) is 0 Å². The molecule has 2 amide bonds. The molecule has 2 aliphatic rings. The SMILES string of the molecule is CCOc1ccc(N2C[C@H](C(=O)NC3CC(C)(C)NC(C)(C)C3)CC2=O)cc1. The van der Waals surface area contributed by atoms with E-state index in [1.807, 2.05) is 31.2 Å². The van der Waals surface area contributed by atoms with Crippen molar-refractivity contribution in [3.8, 4) is 5.75 Å². The molecule has 2 saturated heterocycles. The van der Waals surface area contributed by atoms with Crippen LogP contribution in [0, 0.1) is 5.92 Å². The molecule has 0 unspecified atom stereocenters. The molecule has 0 aliphatic carbocycles. The second kappa shape index (κ2) is 7.74. The topological polar surface area (TPSA) is 70.7 Å². The Kier molecular flexibility index (Phi) is 5.71. The molecule has 154 valence electrons. The minimum absolute atomic E-state index is 0.00437. The predicted octanol–water partition coefficient (Wildman–Crippen LogP) is 2.86. The van der Waals surface area contributed by atoms with Crippen molar-refractivity contribution in [1.29, 1.82) is 0 Å².